The van der Waals surface area contributed by atoms with Crippen LogP contribution in [0.5, 0.6) is 5.75 Å². The number of nitrogens with one attached hydrogen (secondary N) is 1. The smallest absolute Gasteiger partial charge is 0.228 e. The average molecular weight is 277 g/mol. The summed E-state index contributed by atoms with van der Waals surface area (Å²) < 4.78 is 31.2. The fourth-order valence-electron chi connectivity index (χ4n) is 1.85. The Balaban J connectivity index is 2.09. The topological polar surface area (TPSA) is 38.3 Å². The van der Waals surface area contributed by atoms with E-state index in [9.17, 15) is 13.6 Å². The van der Waals surface area contributed by atoms with Gasteiger partial charge in [-0.3, -0.25) is 4.79 Å². The molecule has 2 rings (SSSR count). The molecular weight excluding hydrogens is 264 g/mol. The second-order valence-electron chi connectivity index (χ2n) is 4.19. The fourth-order valence-corrected chi connectivity index (χ4v) is 1.85. The van der Waals surface area contributed by atoms with Crippen molar-refractivity contribution in [2.24, 2.45) is 0 Å². The van der Waals surface area contributed by atoms with Crippen LogP contribution in [0, 0.1) is 11.6 Å². The van der Waals surface area contributed by atoms with Crippen molar-refractivity contribution in [2.75, 3.05) is 12.4 Å². The van der Waals surface area contributed by atoms with E-state index in [2.05, 4.69) is 5.32 Å². The Bertz CT molecular complexity index is 609. The van der Waals surface area contributed by atoms with Gasteiger partial charge in [0, 0.05) is 17.3 Å². The Kier molecular flexibility index (Phi) is 4.30. The van der Waals surface area contributed by atoms with E-state index < -0.39 is 11.6 Å². The summed E-state index contributed by atoms with van der Waals surface area (Å²) in [5.74, 6) is -1.26. The maximum atomic E-state index is 13.0. The number of carbonyl (C=O) groups is 1. The molecule has 0 atom stereocenters. The molecule has 2 aromatic rings. The van der Waals surface area contributed by atoms with Crippen LogP contribution < -0.4 is 10.1 Å². The largest absolute Gasteiger partial charge is 0.496 e. The minimum absolute atomic E-state index is 0.0577. The number of methoxy groups -OCH3 is 1. The molecule has 0 aliphatic rings. The van der Waals surface area contributed by atoms with Crippen molar-refractivity contribution in [3.8, 4) is 5.75 Å². The van der Waals surface area contributed by atoms with Gasteiger partial charge in [0.05, 0.1) is 13.5 Å². The van der Waals surface area contributed by atoms with Gasteiger partial charge in [0.15, 0.2) is 0 Å². The molecule has 0 bridgehead atoms. The third-order valence-electron chi connectivity index (χ3n) is 2.69. The van der Waals surface area contributed by atoms with Crippen molar-refractivity contribution >= 4 is 11.6 Å². The number of hydrogen-bond donors (Lipinski definition) is 1. The Morgan fingerprint density at radius 3 is 2.45 bits per heavy atom. The number of halogens is 2. The van der Waals surface area contributed by atoms with Crippen molar-refractivity contribution in [2.45, 2.75) is 6.42 Å². The molecule has 0 aliphatic carbocycles. The third-order valence-corrected chi connectivity index (χ3v) is 2.69. The maximum absolute atomic E-state index is 13.0. The molecule has 104 valence electrons. The highest BCUT2D eigenvalue weighted by molar-refractivity contribution is 5.92. The Labute approximate surface area is 115 Å². The predicted octanol–water partition coefficient (Wildman–Crippen LogP) is 3.15. The Morgan fingerprint density at radius 1 is 1.15 bits per heavy atom. The van der Waals surface area contributed by atoms with Crippen molar-refractivity contribution in [3.05, 3.63) is 59.7 Å². The van der Waals surface area contributed by atoms with Crippen LogP contribution in [0.25, 0.3) is 0 Å². The Morgan fingerprint density at radius 2 is 1.80 bits per heavy atom. The van der Waals surface area contributed by atoms with Gasteiger partial charge in [0.2, 0.25) is 5.91 Å². The van der Waals surface area contributed by atoms with Crippen LogP contribution in [-0.4, -0.2) is 13.0 Å². The van der Waals surface area contributed by atoms with E-state index in [-0.39, 0.29) is 18.0 Å². The Hall–Kier alpha value is -2.43. The molecule has 0 unspecified atom stereocenters. The highest BCUT2D eigenvalue weighted by Crippen LogP contribution is 2.19. The SMILES string of the molecule is COc1ccccc1CC(=O)Nc1cc(F)cc(F)c1. The zero-order chi connectivity index (χ0) is 14.5. The van der Waals surface area contributed by atoms with E-state index in [0.29, 0.717) is 11.3 Å². The summed E-state index contributed by atoms with van der Waals surface area (Å²) in [6.07, 6.45) is 0.0577. The van der Waals surface area contributed by atoms with E-state index in [1.165, 1.54) is 7.11 Å². The van der Waals surface area contributed by atoms with Crippen LogP contribution in [0.3, 0.4) is 0 Å². The first kappa shape index (κ1) is 14.0. The van der Waals surface area contributed by atoms with E-state index in [0.717, 1.165) is 18.2 Å². The first-order valence-corrected chi connectivity index (χ1v) is 5.96. The summed E-state index contributed by atoms with van der Waals surface area (Å²) in [5, 5.41) is 2.45. The van der Waals surface area contributed by atoms with Gasteiger partial charge < -0.3 is 10.1 Å². The van der Waals surface area contributed by atoms with E-state index in [1.807, 2.05) is 0 Å². The van der Waals surface area contributed by atoms with E-state index in [1.54, 1.807) is 24.3 Å². The number of amides is 1. The number of ether oxygens (including phenoxy) is 1. The lowest BCUT2D eigenvalue weighted by Crippen LogP contribution is -2.15. The molecular formula is C15H13F2NO2. The highest BCUT2D eigenvalue weighted by atomic mass is 19.1. The molecule has 1 amide bonds. The molecule has 20 heavy (non-hydrogen) atoms. The van der Waals surface area contributed by atoms with Gasteiger partial charge in [0.1, 0.15) is 17.4 Å². The first-order valence-electron chi connectivity index (χ1n) is 5.96. The molecule has 0 aromatic heterocycles. The third kappa shape index (κ3) is 3.54. The minimum atomic E-state index is -0.738. The summed E-state index contributed by atoms with van der Waals surface area (Å²) in [4.78, 5) is 11.9. The molecule has 0 saturated heterocycles. The zero-order valence-corrected chi connectivity index (χ0v) is 10.8. The molecule has 2 aromatic carbocycles. The number of carbonyl (C=O) groups excluding carboxylic acids is 1. The lowest BCUT2D eigenvalue weighted by atomic mass is 10.1. The minimum Gasteiger partial charge on any atom is -0.496 e. The molecule has 0 fully saturated rings. The van der Waals surface area contributed by atoms with Gasteiger partial charge >= 0.3 is 0 Å². The second-order valence-corrected chi connectivity index (χ2v) is 4.19. The summed E-state index contributed by atoms with van der Waals surface area (Å²) in [5.41, 5.74) is 0.784. The van der Waals surface area contributed by atoms with Crippen molar-refractivity contribution in [1.82, 2.24) is 0 Å². The van der Waals surface area contributed by atoms with Gasteiger partial charge in [-0.15, -0.1) is 0 Å². The van der Waals surface area contributed by atoms with Gasteiger partial charge in [-0.05, 0) is 18.2 Å². The quantitative estimate of drug-likeness (QED) is 0.932. The fraction of sp³-hybridized carbons (Fsp3) is 0.133. The average Bonchev–Trinajstić information content (AvgIpc) is 2.37. The van der Waals surface area contributed by atoms with Crippen LogP contribution in [0.4, 0.5) is 14.5 Å². The molecule has 0 spiro atoms. The molecule has 0 radical (unpaired) electrons. The first-order chi connectivity index (χ1) is 9.58. The number of para-hydroxylation sites is 1. The molecule has 3 nitrogen and oxygen atoms in total. The lowest BCUT2D eigenvalue weighted by Gasteiger charge is -2.09. The summed E-state index contributed by atoms with van der Waals surface area (Å²) in [6.45, 7) is 0. The number of hydrogen-bond acceptors (Lipinski definition) is 2. The second kappa shape index (κ2) is 6.14. The molecule has 5 heteroatoms. The highest BCUT2D eigenvalue weighted by Gasteiger charge is 2.09. The molecule has 0 saturated carbocycles. The van der Waals surface area contributed by atoms with Crippen LogP contribution in [-0.2, 0) is 11.2 Å². The van der Waals surface area contributed by atoms with Gasteiger partial charge in [-0.25, -0.2) is 8.78 Å². The van der Waals surface area contributed by atoms with Crippen molar-refractivity contribution < 1.29 is 18.3 Å². The van der Waals surface area contributed by atoms with E-state index in [4.69, 9.17) is 4.74 Å². The standard InChI is InChI=1S/C15H13F2NO2/c1-20-14-5-3-2-4-10(14)6-15(19)18-13-8-11(16)7-12(17)9-13/h2-5,7-9H,6H2,1H3,(H,18,19). The monoisotopic (exact) mass is 277 g/mol. The van der Waals surface area contributed by atoms with Crippen LogP contribution >= 0.6 is 0 Å². The summed E-state index contributed by atoms with van der Waals surface area (Å²) in [6, 6.07) is 9.94. The number of benzene rings is 2. The molecule has 0 aliphatic heterocycles. The predicted molar refractivity (Wildman–Crippen MR) is 71.7 cm³/mol. The summed E-state index contributed by atoms with van der Waals surface area (Å²) >= 11 is 0. The van der Waals surface area contributed by atoms with E-state index >= 15 is 0 Å². The molecule has 1 N–H and O–H groups in total. The zero-order valence-electron chi connectivity index (χ0n) is 10.8. The normalized spacial score (nSPS) is 10.2. The lowest BCUT2D eigenvalue weighted by molar-refractivity contribution is -0.115. The summed E-state index contributed by atoms with van der Waals surface area (Å²) in [7, 11) is 1.51. The molecule has 0 heterocycles. The van der Waals surface area contributed by atoms with Gasteiger partial charge in [-0.2, -0.15) is 0 Å². The van der Waals surface area contributed by atoms with Crippen molar-refractivity contribution in [3.63, 3.8) is 0 Å². The van der Waals surface area contributed by atoms with Crippen molar-refractivity contribution in [1.29, 1.82) is 0 Å². The number of anilines is 1. The number of rotatable bonds is 4. The maximum Gasteiger partial charge on any atom is 0.228 e. The van der Waals surface area contributed by atoms with Crippen LogP contribution in [0.1, 0.15) is 5.56 Å². The van der Waals surface area contributed by atoms with Gasteiger partial charge in [-0.1, -0.05) is 18.2 Å². The van der Waals surface area contributed by atoms with Crippen LogP contribution in [0.15, 0.2) is 42.5 Å². The van der Waals surface area contributed by atoms with Crippen LogP contribution in [0.2, 0.25) is 0 Å². The van der Waals surface area contributed by atoms with Gasteiger partial charge in [0.25, 0.3) is 0 Å².